The van der Waals surface area contributed by atoms with Crippen LogP contribution in [0.5, 0.6) is 5.75 Å². The van der Waals surface area contributed by atoms with Crippen molar-refractivity contribution in [1.29, 1.82) is 0 Å². The van der Waals surface area contributed by atoms with E-state index in [1.165, 1.54) is 0 Å². The Hall–Kier alpha value is -1.33. The summed E-state index contributed by atoms with van der Waals surface area (Å²) in [5.74, 6) is 0.659. The Morgan fingerprint density at radius 1 is 1.32 bits per heavy atom. The van der Waals surface area contributed by atoms with E-state index in [9.17, 15) is 4.79 Å². The number of carbonyl (C=O) groups excluding carboxylic acids is 1. The highest BCUT2D eigenvalue weighted by Gasteiger charge is 2.09. The van der Waals surface area contributed by atoms with Crippen molar-refractivity contribution in [1.82, 2.24) is 0 Å². The lowest BCUT2D eigenvalue weighted by Gasteiger charge is -2.10. The summed E-state index contributed by atoms with van der Waals surface area (Å²) in [5, 5.41) is 2.88. The van der Waals surface area contributed by atoms with Crippen molar-refractivity contribution in [2.24, 2.45) is 0 Å². The number of hydrogen-bond donors (Lipinski definition) is 1. The molecule has 1 amide bonds. The lowest BCUT2D eigenvalue weighted by molar-refractivity contribution is -0.115. The molecular weight excluding hydrogens is 326 g/mol. The Kier molecular flexibility index (Phi) is 4.99. The normalized spacial score (nSPS) is 10.2. The molecule has 0 aliphatic rings. The van der Waals surface area contributed by atoms with E-state index in [0.717, 1.165) is 8.66 Å². The van der Waals surface area contributed by atoms with Crippen molar-refractivity contribution in [2.75, 3.05) is 11.9 Å². The van der Waals surface area contributed by atoms with Crippen LogP contribution in [0.25, 0.3) is 0 Å². The number of hydrogen-bond acceptors (Lipinski definition) is 3. The van der Waals surface area contributed by atoms with Crippen LogP contribution in [0.1, 0.15) is 11.8 Å². The maximum atomic E-state index is 12.0. The van der Waals surface area contributed by atoms with Crippen LogP contribution < -0.4 is 10.1 Å². The van der Waals surface area contributed by atoms with Crippen molar-refractivity contribution in [3.05, 3.63) is 45.1 Å². The smallest absolute Gasteiger partial charge is 0.229 e. The van der Waals surface area contributed by atoms with Gasteiger partial charge in [-0.3, -0.25) is 4.79 Å². The third-order valence-corrected chi connectivity index (χ3v) is 4.05. The monoisotopic (exact) mass is 339 g/mol. The van der Waals surface area contributed by atoms with Crippen LogP contribution in [0.3, 0.4) is 0 Å². The van der Waals surface area contributed by atoms with Crippen molar-refractivity contribution < 1.29 is 9.53 Å². The fraction of sp³-hybridized carbons (Fsp3) is 0.214. The van der Waals surface area contributed by atoms with Gasteiger partial charge in [-0.15, -0.1) is 11.3 Å². The van der Waals surface area contributed by atoms with Gasteiger partial charge in [0.25, 0.3) is 0 Å². The molecule has 1 N–H and O–H groups in total. The number of para-hydroxylation sites is 2. The molecule has 1 aromatic carbocycles. The van der Waals surface area contributed by atoms with Crippen molar-refractivity contribution in [2.45, 2.75) is 13.3 Å². The van der Waals surface area contributed by atoms with E-state index in [4.69, 9.17) is 4.74 Å². The molecule has 0 radical (unpaired) electrons. The SMILES string of the molecule is CCOc1ccccc1NC(=O)Cc1ccc(Br)s1. The number of amides is 1. The van der Waals surface area contributed by atoms with Gasteiger partial charge in [0.05, 0.1) is 22.5 Å². The van der Waals surface area contributed by atoms with Gasteiger partial charge in [-0.1, -0.05) is 12.1 Å². The molecule has 0 saturated heterocycles. The van der Waals surface area contributed by atoms with Gasteiger partial charge in [-0.05, 0) is 47.1 Å². The molecule has 19 heavy (non-hydrogen) atoms. The van der Waals surface area contributed by atoms with Crippen molar-refractivity contribution in [3.8, 4) is 5.75 Å². The summed E-state index contributed by atoms with van der Waals surface area (Å²) in [6.45, 7) is 2.49. The predicted molar refractivity (Wildman–Crippen MR) is 82.0 cm³/mol. The van der Waals surface area contributed by atoms with Crippen molar-refractivity contribution in [3.63, 3.8) is 0 Å². The third kappa shape index (κ3) is 4.08. The van der Waals surface area contributed by atoms with Gasteiger partial charge in [0, 0.05) is 4.88 Å². The molecule has 3 nitrogen and oxygen atoms in total. The summed E-state index contributed by atoms with van der Waals surface area (Å²) in [5.41, 5.74) is 0.713. The van der Waals surface area contributed by atoms with Gasteiger partial charge in [-0.25, -0.2) is 0 Å². The lowest BCUT2D eigenvalue weighted by atomic mass is 10.2. The first-order valence-corrected chi connectivity index (χ1v) is 7.56. The molecule has 0 unspecified atom stereocenters. The second-order valence-corrected chi connectivity index (χ2v) is 6.41. The van der Waals surface area contributed by atoms with Gasteiger partial charge < -0.3 is 10.1 Å². The van der Waals surface area contributed by atoms with E-state index >= 15 is 0 Å². The first-order valence-electron chi connectivity index (χ1n) is 5.95. The number of halogens is 1. The van der Waals surface area contributed by atoms with E-state index in [1.807, 2.05) is 43.3 Å². The average molecular weight is 340 g/mol. The van der Waals surface area contributed by atoms with Crippen LogP contribution in [0, 0.1) is 0 Å². The quantitative estimate of drug-likeness (QED) is 0.890. The number of benzene rings is 1. The highest BCUT2D eigenvalue weighted by Crippen LogP contribution is 2.25. The second-order valence-electron chi connectivity index (χ2n) is 3.86. The summed E-state index contributed by atoms with van der Waals surface area (Å²) < 4.78 is 6.51. The molecule has 2 rings (SSSR count). The largest absolute Gasteiger partial charge is 0.492 e. The fourth-order valence-electron chi connectivity index (χ4n) is 1.65. The Bertz CT molecular complexity index is 568. The molecule has 0 atom stereocenters. The number of thiophene rings is 1. The lowest BCUT2D eigenvalue weighted by Crippen LogP contribution is -2.14. The maximum absolute atomic E-state index is 12.0. The van der Waals surface area contributed by atoms with E-state index in [2.05, 4.69) is 21.2 Å². The number of ether oxygens (including phenoxy) is 1. The fourth-order valence-corrected chi connectivity index (χ4v) is 3.13. The highest BCUT2D eigenvalue weighted by atomic mass is 79.9. The Balaban J connectivity index is 2.02. The molecule has 0 aliphatic heterocycles. The Morgan fingerprint density at radius 2 is 2.11 bits per heavy atom. The van der Waals surface area contributed by atoms with E-state index in [1.54, 1.807) is 11.3 Å². The molecular formula is C14H14BrNO2S. The first-order chi connectivity index (χ1) is 9.19. The zero-order valence-corrected chi connectivity index (χ0v) is 12.9. The number of carbonyl (C=O) groups is 1. The summed E-state index contributed by atoms with van der Waals surface area (Å²) in [6.07, 6.45) is 0.372. The van der Waals surface area contributed by atoms with Gasteiger partial charge >= 0.3 is 0 Å². The van der Waals surface area contributed by atoms with Crippen LogP contribution in [0.2, 0.25) is 0 Å². The maximum Gasteiger partial charge on any atom is 0.229 e. The van der Waals surface area contributed by atoms with Gasteiger partial charge in [0.1, 0.15) is 5.75 Å². The molecule has 0 spiro atoms. The molecule has 0 fully saturated rings. The van der Waals surface area contributed by atoms with Crippen LogP contribution in [-0.4, -0.2) is 12.5 Å². The van der Waals surface area contributed by atoms with Crippen LogP contribution >= 0.6 is 27.3 Å². The zero-order valence-electron chi connectivity index (χ0n) is 10.5. The van der Waals surface area contributed by atoms with Crippen LogP contribution in [0.4, 0.5) is 5.69 Å². The Labute approximate surface area is 124 Å². The van der Waals surface area contributed by atoms with Gasteiger partial charge in [0.15, 0.2) is 0 Å². The minimum atomic E-state index is -0.0403. The third-order valence-electron chi connectivity index (χ3n) is 2.42. The van der Waals surface area contributed by atoms with E-state index in [-0.39, 0.29) is 5.91 Å². The Morgan fingerprint density at radius 3 is 2.79 bits per heavy atom. The molecule has 100 valence electrons. The standard InChI is InChI=1S/C14H14BrNO2S/c1-2-18-12-6-4-3-5-11(12)16-14(17)9-10-7-8-13(15)19-10/h3-8H,2,9H2,1H3,(H,16,17). The minimum absolute atomic E-state index is 0.0403. The molecule has 0 aliphatic carbocycles. The molecule has 0 saturated carbocycles. The number of anilines is 1. The minimum Gasteiger partial charge on any atom is -0.492 e. The number of rotatable bonds is 5. The molecule has 1 aromatic heterocycles. The van der Waals surface area contributed by atoms with Crippen molar-refractivity contribution >= 4 is 38.9 Å². The molecule has 1 heterocycles. The van der Waals surface area contributed by atoms with E-state index in [0.29, 0.717) is 24.5 Å². The van der Waals surface area contributed by atoms with Gasteiger partial charge in [-0.2, -0.15) is 0 Å². The zero-order chi connectivity index (χ0) is 13.7. The summed E-state index contributed by atoms with van der Waals surface area (Å²) in [6, 6.07) is 11.3. The van der Waals surface area contributed by atoms with E-state index < -0.39 is 0 Å². The first kappa shape index (κ1) is 14.1. The van der Waals surface area contributed by atoms with Gasteiger partial charge in [0.2, 0.25) is 5.91 Å². The van der Waals surface area contributed by atoms with Crippen LogP contribution in [-0.2, 0) is 11.2 Å². The van der Waals surface area contributed by atoms with Crippen LogP contribution in [0.15, 0.2) is 40.2 Å². The topological polar surface area (TPSA) is 38.3 Å². The summed E-state index contributed by atoms with van der Waals surface area (Å²) in [7, 11) is 0. The summed E-state index contributed by atoms with van der Waals surface area (Å²) in [4.78, 5) is 13.0. The molecule has 5 heteroatoms. The number of nitrogens with one attached hydrogen (secondary N) is 1. The summed E-state index contributed by atoms with van der Waals surface area (Å²) >= 11 is 4.95. The highest BCUT2D eigenvalue weighted by molar-refractivity contribution is 9.11. The molecule has 2 aromatic rings. The average Bonchev–Trinajstić information content (AvgIpc) is 2.77. The predicted octanol–water partition coefficient (Wildman–Crippen LogP) is 4.09. The second kappa shape index (κ2) is 6.73. The molecule has 0 bridgehead atoms.